The molecule has 37 heavy (non-hydrogen) atoms. The summed E-state index contributed by atoms with van der Waals surface area (Å²) in [6.45, 7) is 4.25. The number of anilines is 1. The van der Waals surface area contributed by atoms with Crippen LogP contribution in [0.4, 0.5) is 23.2 Å². The molecule has 1 atom stereocenters. The number of allylic oxidation sites excluding steroid dienone is 2. The third-order valence-electron chi connectivity index (χ3n) is 6.41. The summed E-state index contributed by atoms with van der Waals surface area (Å²) in [6, 6.07) is 5.18. The zero-order valence-electron chi connectivity index (χ0n) is 20.3. The molecule has 5 nitrogen and oxygen atoms in total. The highest BCUT2D eigenvalue weighted by Crippen LogP contribution is 2.45. The van der Waals surface area contributed by atoms with Gasteiger partial charge >= 0.3 is 5.97 Å². The quantitative estimate of drug-likeness (QED) is 0.225. The Hall–Kier alpha value is -2.79. The number of ether oxygens (including phenoxy) is 1. The fourth-order valence-electron chi connectivity index (χ4n) is 4.24. The molecule has 0 saturated carbocycles. The Morgan fingerprint density at radius 2 is 2.05 bits per heavy atom. The number of hydrogen-bond acceptors (Lipinski definition) is 6. The van der Waals surface area contributed by atoms with Gasteiger partial charge < -0.3 is 19.9 Å². The van der Waals surface area contributed by atoms with Crippen LogP contribution < -0.4 is 14.8 Å². The second-order valence-corrected chi connectivity index (χ2v) is 11.3. The molecule has 4 rings (SSSR count). The van der Waals surface area contributed by atoms with Crippen LogP contribution in [0, 0.1) is 17.0 Å². The van der Waals surface area contributed by atoms with E-state index in [0.717, 1.165) is 42.5 Å². The molecular formula is C26H26F4N2O3S2. The molecule has 0 spiro atoms. The van der Waals surface area contributed by atoms with Crippen molar-refractivity contribution in [2.45, 2.75) is 44.9 Å². The molecular weight excluding hydrogens is 528 g/mol. The van der Waals surface area contributed by atoms with Gasteiger partial charge in [-0.05, 0) is 41.9 Å². The number of hydrogen-bond donors (Lipinski definition) is 3. The molecule has 0 bridgehead atoms. The summed E-state index contributed by atoms with van der Waals surface area (Å²) < 4.78 is 65.7. The van der Waals surface area contributed by atoms with Crippen molar-refractivity contribution in [3.8, 4) is 5.75 Å². The summed E-state index contributed by atoms with van der Waals surface area (Å²) in [5, 5.41) is 13.7. The summed E-state index contributed by atoms with van der Waals surface area (Å²) in [7, 11) is 1.32. The van der Waals surface area contributed by atoms with E-state index >= 15 is 4.39 Å². The Morgan fingerprint density at radius 1 is 1.30 bits per heavy atom. The number of methoxy groups -OCH3 is 1. The smallest absolute Gasteiger partial charge is 0.338 e. The van der Waals surface area contributed by atoms with E-state index in [0.29, 0.717) is 11.4 Å². The maximum absolute atomic E-state index is 15.4. The highest BCUT2D eigenvalue weighted by atomic mass is 32.2. The number of carboxylic acids is 1. The Bertz CT molecular complexity index is 1280. The van der Waals surface area contributed by atoms with Crippen LogP contribution in [-0.2, 0) is 0 Å². The second-order valence-electron chi connectivity index (χ2n) is 9.51. The van der Waals surface area contributed by atoms with Crippen molar-refractivity contribution >= 4 is 40.9 Å². The Morgan fingerprint density at radius 3 is 2.68 bits per heavy atom. The number of thioether (sulfide) groups is 1. The van der Waals surface area contributed by atoms with Gasteiger partial charge in [-0.3, -0.25) is 0 Å². The zero-order valence-corrected chi connectivity index (χ0v) is 22.0. The van der Waals surface area contributed by atoms with Gasteiger partial charge in [0.25, 0.3) is 6.43 Å². The van der Waals surface area contributed by atoms with Gasteiger partial charge in [0, 0.05) is 29.0 Å². The van der Waals surface area contributed by atoms with E-state index in [1.54, 1.807) is 17.5 Å². The summed E-state index contributed by atoms with van der Waals surface area (Å²) in [5.74, 6) is -3.14. The van der Waals surface area contributed by atoms with Crippen LogP contribution in [-0.4, -0.2) is 18.2 Å². The lowest BCUT2D eigenvalue weighted by molar-refractivity contribution is 0.0691. The number of alkyl halides is 2. The average Bonchev–Trinajstić information content (AvgIpc) is 3.31. The Balaban J connectivity index is 1.50. The number of nitrogens with one attached hydrogen (secondary N) is 2. The molecule has 1 unspecified atom stereocenters. The monoisotopic (exact) mass is 554 g/mol. The van der Waals surface area contributed by atoms with Crippen molar-refractivity contribution in [3.63, 3.8) is 0 Å². The topological polar surface area (TPSA) is 70.6 Å². The van der Waals surface area contributed by atoms with Crippen LogP contribution in [0.15, 0.2) is 40.8 Å². The molecule has 0 aromatic heterocycles. The van der Waals surface area contributed by atoms with E-state index in [2.05, 4.69) is 23.9 Å². The molecule has 2 aromatic carbocycles. The molecule has 0 amide bonds. The van der Waals surface area contributed by atoms with E-state index in [9.17, 15) is 18.0 Å². The molecule has 1 heterocycles. The zero-order chi connectivity index (χ0) is 26.9. The minimum absolute atomic E-state index is 0.109. The molecule has 1 aliphatic carbocycles. The van der Waals surface area contributed by atoms with E-state index in [1.165, 1.54) is 18.9 Å². The normalized spacial score (nSPS) is 18.8. The minimum Gasteiger partial charge on any atom is -0.495 e. The minimum atomic E-state index is -2.99. The molecule has 1 aliphatic heterocycles. The van der Waals surface area contributed by atoms with Gasteiger partial charge in [0.15, 0.2) is 0 Å². The molecule has 0 fully saturated rings. The maximum atomic E-state index is 15.4. The van der Waals surface area contributed by atoms with Crippen molar-refractivity contribution in [2.24, 2.45) is 5.41 Å². The van der Waals surface area contributed by atoms with Crippen molar-refractivity contribution < 1.29 is 32.2 Å². The Labute approximate surface area is 220 Å². The van der Waals surface area contributed by atoms with E-state index < -0.39 is 40.5 Å². The third-order valence-corrected chi connectivity index (χ3v) is 8.35. The largest absolute Gasteiger partial charge is 0.495 e. The van der Waals surface area contributed by atoms with Gasteiger partial charge in [-0.2, -0.15) is 0 Å². The van der Waals surface area contributed by atoms with Crippen molar-refractivity contribution in [3.05, 3.63) is 74.7 Å². The number of halogens is 4. The lowest BCUT2D eigenvalue weighted by Gasteiger charge is -2.29. The van der Waals surface area contributed by atoms with Crippen LogP contribution in [0.1, 0.15) is 72.0 Å². The summed E-state index contributed by atoms with van der Waals surface area (Å²) >= 11 is 2.23. The highest BCUT2D eigenvalue weighted by molar-refractivity contribution is 8.07. The van der Waals surface area contributed by atoms with E-state index in [4.69, 9.17) is 9.84 Å². The predicted octanol–water partition coefficient (Wildman–Crippen LogP) is 8.10. The lowest BCUT2D eigenvalue weighted by atomic mass is 9.76. The molecule has 2 aromatic rings. The van der Waals surface area contributed by atoms with Gasteiger partial charge in [0.05, 0.1) is 29.0 Å². The first-order valence-corrected chi connectivity index (χ1v) is 13.2. The molecule has 3 N–H and O–H groups in total. The molecule has 2 aliphatic rings. The van der Waals surface area contributed by atoms with Gasteiger partial charge in [-0.1, -0.05) is 32.1 Å². The van der Waals surface area contributed by atoms with E-state index in [-0.39, 0.29) is 28.0 Å². The summed E-state index contributed by atoms with van der Waals surface area (Å²) in [6.07, 6.45) is 1.21. The highest BCUT2D eigenvalue weighted by Gasteiger charge is 2.31. The number of carbonyl (C=O) groups is 1. The van der Waals surface area contributed by atoms with Crippen LogP contribution in [0.5, 0.6) is 5.75 Å². The fraction of sp³-hybridized carbons (Fsp3) is 0.346. The Kier molecular flexibility index (Phi) is 8.03. The number of rotatable bonds is 8. The van der Waals surface area contributed by atoms with Crippen molar-refractivity contribution in [1.82, 2.24) is 5.32 Å². The third kappa shape index (κ3) is 5.87. The number of carboxylic acid groups (broad SMARTS) is 1. The van der Waals surface area contributed by atoms with Gasteiger partial charge in [0.2, 0.25) is 0 Å². The maximum Gasteiger partial charge on any atom is 0.338 e. The first kappa shape index (κ1) is 27.3. The first-order chi connectivity index (χ1) is 17.5. The van der Waals surface area contributed by atoms with Crippen molar-refractivity contribution in [2.75, 3.05) is 11.8 Å². The molecule has 198 valence electrons. The van der Waals surface area contributed by atoms with Crippen LogP contribution >= 0.6 is 23.7 Å². The first-order valence-electron chi connectivity index (χ1n) is 11.5. The number of benzene rings is 2. The average molecular weight is 555 g/mol. The number of aromatic carboxylic acids is 1. The second kappa shape index (κ2) is 10.9. The van der Waals surface area contributed by atoms with Crippen LogP contribution in [0.25, 0.3) is 5.57 Å². The van der Waals surface area contributed by atoms with Gasteiger partial charge in [-0.25, -0.2) is 22.4 Å². The van der Waals surface area contributed by atoms with E-state index in [1.807, 2.05) is 6.08 Å². The standard InChI is InChI=1S/C26H26F4N2O3S2/c1-26(2)8-6-13(7-9-26)14-4-5-15(21(22(14)28)23(29)30)24-31-20(12-36-24)37-32-18-11-17(27)16(25(33)34)10-19(18)35-3/h4-6,10-12,23-24,31-32H,7-9H2,1-3H3,(H,33,34). The predicted molar refractivity (Wildman–Crippen MR) is 140 cm³/mol. The fourth-order valence-corrected chi connectivity index (χ4v) is 6.10. The molecule has 0 saturated heterocycles. The van der Waals surface area contributed by atoms with Gasteiger partial charge in [0.1, 0.15) is 22.8 Å². The van der Waals surface area contributed by atoms with Gasteiger partial charge in [-0.15, -0.1) is 11.8 Å². The molecule has 11 heteroatoms. The summed E-state index contributed by atoms with van der Waals surface area (Å²) in [5.41, 5.74) is 0.287. The van der Waals surface area contributed by atoms with Crippen LogP contribution in [0.3, 0.4) is 0 Å². The lowest BCUT2D eigenvalue weighted by Crippen LogP contribution is -2.17. The molecule has 0 radical (unpaired) electrons. The van der Waals surface area contributed by atoms with Crippen LogP contribution in [0.2, 0.25) is 0 Å². The van der Waals surface area contributed by atoms with Crippen molar-refractivity contribution in [1.29, 1.82) is 0 Å². The SMILES string of the molecule is COc1cc(C(=O)O)c(F)cc1NSC1=CSC(c2ccc(C3=CCC(C)(C)CC3)c(F)c2C(F)F)N1. The summed E-state index contributed by atoms with van der Waals surface area (Å²) in [4.78, 5) is 11.1.